The summed E-state index contributed by atoms with van der Waals surface area (Å²) >= 11 is 0. The third-order valence-electron chi connectivity index (χ3n) is 3.77. The molecular formula is C16H13F2N5. The van der Waals surface area contributed by atoms with E-state index < -0.39 is 12.8 Å². The number of H-pyrrole nitrogens is 1. The highest BCUT2D eigenvalue weighted by molar-refractivity contribution is 5.82. The SMILES string of the molecule is Cc1ccc2nc(C(F)CF)n(-c3ccc4[nH]ncc4c3)c2n1. The van der Waals surface area contributed by atoms with Gasteiger partial charge in [-0.3, -0.25) is 9.67 Å². The minimum absolute atomic E-state index is 0.0171. The monoisotopic (exact) mass is 313 g/mol. The number of aromatic amines is 1. The Hall–Kier alpha value is -2.83. The summed E-state index contributed by atoms with van der Waals surface area (Å²) in [6.45, 7) is 0.716. The fourth-order valence-corrected chi connectivity index (χ4v) is 2.67. The van der Waals surface area contributed by atoms with E-state index >= 15 is 0 Å². The van der Waals surface area contributed by atoms with Crippen molar-refractivity contribution in [1.29, 1.82) is 0 Å². The Labute approximate surface area is 130 Å². The van der Waals surface area contributed by atoms with Crippen LogP contribution in [-0.2, 0) is 0 Å². The minimum Gasteiger partial charge on any atom is -0.278 e. The van der Waals surface area contributed by atoms with E-state index in [9.17, 15) is 8.78 Å². The number of aromatic nitrogens is 5. The van der Waals surface area contributed by atoms with Crippen molar-refractivity contribution in [2.45, 2.75) is 13.1 Å². The first kappa shape index (κ1) is 13.8. The zero-order chi connectivity index (χ0) is 16.0. The van der Waals surface area contributed by atoms with Crippen molar-refractivity contribution in [3.8, 4) is 5.69 Å². The molecule has 0 aliphatic carbocycles. The maximum atomic E-state index is 14.1. The molecule has 1 N–H and O–H groups in total. The zero-order valence-electron chi connectivity index (χ0n) is 12.3. The molecule has 1 unspecified atom stereocenters. The van der Waals surface area contributed by atoms with Gasteiger partial charge in [-0.25, -0.2) is 18.7 Å². The lowest BCUT2D eigenvalue weighted by Gasteiger charge is -2.10. The van der Waals surface area contributed by atoms with Crippen LogP contribution in [0.2, 0.25) is 0 Å². The average Bonchev–Trinajstić information content (AvgIpc) is 3.16. The number of halogens is 2. The van der Waals surface area contributed by atoms with Crippen molar-refractivity contribution < 1.29 is 8.78 Å². The molecule has 116 valence electrons. The fourth-order valence-electron chi connectivity index (χ4n) is 2.67. The number of benzene rings is 1. The van der Waals surface area contributed by atoms with Gasteiger partial charge in [-0.2, -0.15) is 5.10 Å². The number of rotatable bonds is 3. The van der Waals surface area contributed by atoms with E-state index in [4.69, 9.17) is 0 Å². The van der Waals surface area contributed by atoms with Crippen LogP contribution in [0, 0.1) is 6.92 Å². The van der Waals surface area contributed by atoms with Gasteiger partial charge in [0.25, 0.3) is 0 Å². The predicted octanol–water partition coefficient (Wildman–Crippen LogP) is 3.59. The number of nitrogens with zero attached hydrogens (tertiary/aromatic N) is 4. The third-order valence-corrected chi connectivity index (χ3v) is 3.77. The van der Waals surface area contributed by atoms with Gasteiger partial charge in [0.1, 0.15) is 12.2 Å². The molecular weight excluding hydrogens is 300 g/mol. The Kier molecular flexibility index (Phi) is 3.07. The molecule has 0 spiro atoms. The number of hydrogen-bond donors (Lipinski definition) is 1. The lowest BCUT2D eigenvalue weighted by Crippen LogP contribution is -2.06. The Balaban J connectivity index is 2.04. The van der Waals surface area contributed by atoms with Crippen molar-refractivity contribution in [1.82, 2.24) is 24.7 Å². The highest BCUT2D eigenvalue weighted by Gasteiger charge is 2.22. The highest BCUT2D eigenvalue weighted by atomic mass is 19.2. The summed E-state index contributed by atoms with van der Waals surface area (Å²) in [5, 5.41) is 7.71. The Morgan fingerprint density at radius 2 is 2.09 bits per heavy atom. The normalized spacial score (nSPS) is 13.0. The first-order valence-corrected chi connectivity index (χ1v) is 7.17. The molecule has 3 aromatic heterocycles. The van der Waals surface area contributed by atoms with Crippen molar-refractivity contribution in [2.75, 3.05) is 6.67 Å². The molecule has 4 rings (SSSR count). The van der Waals surface area contributed by atoms with Crippen LogP contribution in [0.1, 0.15) is 17.7 Å². The number of pyridine rings is 1. The van der Waals surface area contributed by atoms with E-state index in [1.54, 1.807) is 29.0 Å². The van der Waals surface area contributed by atoms with Crippen LogP contribution in [0.5, 0.6) is 0 Å². The topological polar surface area (TPSA) is 59.4 Å². The molecule has 1 atom stereocenters. The average molecular weight is 313 g/mol. The van der Waals surface area contributed by atoms with Gasteiger partial charge in [0.05, 0.1) is 11.7 Å². The van der Waals surface area contributed by atoms with Gasteiger partial charge in [-0.1, -0.05) is 0 Å². The molecule has 0 fully saturated rings. The van der Waals surface area contributed by atoms with E-state index in [2.05, 4.69) is 20.2 Å². The van der Waals surface area contributed by atoms with Crippen LogP contribution < -0.4 is 0 Å². The summed E-state index contributed by atoms with van der Waals surface area (Å²) < 4.78 is 28.6. The summed E-state index contributed by atoms with van der Waals surface area (Å²) in [5.41, 5.74) is 3.37. The van der Waals surface area contributed by atoms with Crippen molar-refractivity contribution >= 4 is 22.1 Å². The Bertz CT molecular complexity index is 1000. The van der Waals surface area contributed by atoms with E-state index in [0.29, 0.717) is 16.9 Å². The van der Waals surface area contributed by atoms with Crippen molar-refractivity contribution in [3.63, 3.8) is 0 Å². The van der Waals surface area contributed by atoms with Crippen LogP contribution in [0.15, 0.2) is 36.5 Å². The number of fused-ring (bicyclic) bond motifs is 2. The van der Waals surface area contributed by atoms with Gasteiger partial charge in [0.2, 0.25) is 0 Å². The van der Waals surface area contributed by atoms with Gasteiger partial charge >= 0.3 is 0 Å². The van der Waals surface area contributed by atoms with Crippen LogP contribution >= 0.6 is 0 Å². The molecule has 0 aliphatic heterocycles. The molecule has 0 amide bonds. The fraction of sp³-hybridized carbons (Fsp3) is 0.188. The van der Waals surface area contributed by atoms with Crippen LogP contribution in [0.4, 0.5) is 8.78 Å². The third kappa shape index (κ3) is 2.16. The molecule has 0 saturated heterocycles. The molecule has 5 nitrogen and oxygen atoms in total. The van der Waals surface area contributed by atoms with Gasteiger partial charge < -0.3 is 0 Å². The standard InChI is InChI=1S/C16H13F2N5/c1-9-2-4-14-16(20-9)23(15(21-14)12(18)7-17)11-3-5-13-10(6-11)8-19-22-13/h2-6,8,12H,7H2,1H3,(H,19,22). The Morgan fingerprint density at radius 1 is 1.22 bits per heavy atom. The van der Waals surface area contributed by atoms with Gasteiger partial charge in [-0.05, 0) is 37.3 Å². The van der Waals surface area contributed by atoms with Crippen molar-refractivity contribution in [2.24, 2.45) is 0 Å². The van der Waals surface area contributed by atoms with Gasteiger partial charge in [0.15, 0.2) is 17.6 Å². The number of alkyl halides is 2. The summed E-state index contributed by atoms with van der Waals surface area (Å²) in [4.78, 5) is 8.68. The number of hydrogen-bond acceptors (Lipinski definition) is 3. The van der Waals surface area contributed by atoms with E-state index in [0.717, 1.165) is 16.6 Å². The molecule has 0 radical (unpaired) electrons. The second-order valence-electron chi connectivity index (χ2n) is 5.36. The Morgan fingerprint density at radius 3 is 2.91 bits per heavy atom. The molecule has 1 aromatic carbocycles. The summed E-state index contributed by atoms with van der Waals surface area (Å²) in [6.07, 6.45) is -0.122. The smallest absolute Gasteiger partial charge is 0.186 e. The minimum atomic E-state index is -1.80. The second kappa shape index (κ2) is 5.12. The van der Waals surface area contributed by atoms with E-state index in [1.807, 2.05) is 19.1 Å². The zero-order valence-corrected chi connectivity index (χ0v) is 12.3. The summed E-state index contributed by atoms with van der Waals surface area (Å²) in [7, 11) is 0. The largest absolute Gasteiger partial charge is 0.278 e. The lowest BCUT2D eigenvalue weighted by atomic mass is 10.2. The number of imidazole rings is 1. The van der Waals surface area contributed by atoms with E-state index in [-0.39, 0.29) is 5.82 Å². The highest BCUT2D eigenvalue weighted by Crippen LogP contribution is 2.28. The van der Waals surface area contributed by atoms with Crippen LogP contribution in [0.25, 0.3) is 27.8 Å². The number of aryl methyl sites for hydroxylation is 1. The van der Waals surface area contributed by atoms with Crippen molar-refractivity contribution in [3.05, 3.63) is 48.0 Å². The van der Waals surface area contributed by atoms with Gasteiger partial charge in [0, 0.05) is 16.8 Å². The molecule has 7 heteroatoms. The molecule has 0 aliphatic rings. The van der Waals surface area contributed by atoms with E-state index in [1.165, 1.54) is 0 Å². The molecule has 0 bridgehead atoms. The first-order valence-electron chi connectivity index (χ1n) is 7.17. The van der Waals surface area contributed by atoms with Crippen LogP contribution in [0.3, 0.4) is 0 Å². The molecule has 3 heterocycles. The number of nitrogens with one attached hydrogen (secondary N) is 1. The first-order chi connectivity index (χ1) is 11.2. The quantitative estimate of drug-likeness (QED) is 0.629. The molecule has 0 saturated carbocycles. The maximum Gasteiger partial charge on any atom is 0.186 e. The lowest BCUT2D eigenvalue weighted by molar-refractivity contribution is 0.253. The van der Waals surface area contributed by atoms with Gasteiger partial charge in [-0.15, -0.1) is 0 Å². The maximum absolute atomic E-state index is 14.1. The summed E-state index contributed by atoms with van der Waals surface area (Å²) in [6, 6.07) is 9.05. The predicted molar refractivity (Wildman–Crippen MR) is 83.1 cm³/mol. The molecule has 4 aromatic rings. The molecule has 23 heavy (non-hydrogen) atoms. The summed E-state index contributed by atoms with van der Waals surface area (Å²) in [5.74, 6) is 0.0171. The second-order valence-corrected chi connectivity index (χ2v) is 5.36. The van der Waals surface area contributed by atoms with Crippen LogP contribution in [-0.4, -0.2) is 31.4 Å².